The van der Waals surface area contributed by atoms with E-state index in [0.717, 1.165) is 11.4 Å². The maximum absolute atomic E-state index is 12.9. The van der Waals surface area contributed by atoms with Gasteiger partial charge in [-0.25, -0.2) is 0 Å². The fourth-order valence-corrected chi connectivity index (χ4v) is 2.80. The number of amides is 2. The predicted octanol–water partition coefficient (Wildman–Crippen LogP) is 2.95. The first-order valence-corrected chi connectivity index (χ1v) is 7.33. The highest BCUT2D eigenvalue weighted by atomic mass is 16.2. The molecule has 0 radical (unpaired) electrons. The molecule has 0 aliphatic carbocycles. The molecule has 1 atom stereocenters. The van der Waals surface area contributed by atoms with Gasteiger partial charge in [-0.1, -0.05) is 37.3 Å². The zero-order valence-electron chi connectivity index (χ0n) is 12.7. The molecular formula is C18H18N2O2. The molecule has 1 aliphatic heterocycles. The lowest BCUT2D eigenvalue weighted by Gasteiger charge is -2.24. The summed E-state index contributed by atoms with van der Waals surface area (Å²) in [6.07, 6.45) is 0. The van der Waals surface area contributed by atoms with Crippen LogP contribution in [0.4, 0.5) is 11.4 Å². The molecule has 2 aromatic carbocycles. The van der Waals surface area contributed by atoms with Crippen LogP contribution in [0.25, 0.3) is 0 Å². The Morgan fingerprint density at radius 3 is 2.27 bits per heavy atom. The van der Waals surface area contributed by atoms with Crippen molar-refractivity contribution in [1.82, 2.24) is 0 Å². The van der Waals surface area contributed by atoms with Crippen LogP contribution in [-0.2, 0) is 4.79 Å². The molecule has 4 heteroatoms. The summed E-state index contributed by atoms with van der Waals surface area (Å²) in [5.74, 6) is -0.302. The molecule has 1 heterocycles. The van der Waals surface area contributed by atoms with Crippen LogP contribution in [0.2, 0.25) is 0 Å². The molecule has 2 aromatic rings. The van der Waals surface area contributed by atoms with E-state index >= 15 is 0 Å². The molecule has 0 saturated carbocycles. The van der Waals surface area contributed by atoms with E-state index in [2.05, 4.69) is 0 Å². The zero-order valence-corrected chi connectivity index (χ0v) is 12.7. The average molecular weight is 294 g/mol. The van der Waals surface area contributed by atoms with E-state index in [1.165, 1.54) is 0 Å². The number of rotatable bonds is 1. The molecule has 4 nitrogen and oxygen atoms in total. The third-order valence-electron chi connectivity index (χ3n) is 4.01. The summed E-state index contributed by atoms with van der Waals surface area (Å²) in [5, 5.41) is 0. The Morgan fingerprint density at radius 2 is 1.59 bits per heavy atom. The highest BCUT2D eigenvalue weighted by Crippen LogP contribution is 2.33. The first kappa shape index (κ1) is 14.3. The fourth-order valence-electron chi connectivity index (χ4n) is 2.80. The summed E-state index contributed by atoms with van der Waals surface area (Å²) < 4.78 is 0. The van der Waals surface area contributed by atoms with Crippen LogP contribution in [0.5, 0.6) is 0 Å². The molecule has 112 valence electrons. The number of carbonyl (C=O) groups excluding carboxylic acids is 2. The molecule has 0 N–H and O–H groups in total. The standard InChI is InChI=1S/C18H18N2O2/c1-13-12-20(18(22)14-8-4-3-5-9-14)16-11-7-6-10-15(16)19(2)17(13)21/h3-11,13H,12H2,1-2H3. The van der Waals surface area contributed by atoms with Crippen molar-refractivity contribution in [3.05, 3.63) is 60.2 Å². The Hall–Kier alpha value is -2.62. The van der Waals surface area contributed by atoms with Gasteiger partial charge in [0.2, 0.25) is 5.91 Å². The summed E-state index contributed by atoms with van der Waals surface area (Å²) in [6.45, 7) is 2.24. The molecule has 1 unspecified atom stereocenters. The average Bonchev–Trinajstić information content (AvgIpc) is 2.66. The normalized spacial score (nSPS) is 17.9. The first-order chi connectivity index (χ1) is 10.6. The van der Waals surface area contributed by atoms with Gasteiger partial charge in [-0.05, 0) is 24.3 Å². The molecule has 2 amide bonds. The van der Waals surface area contributed by atoms with Gasteiger partial charge in [0.05, 0.1) is 17.3 Å². The smallest absolute Gasteiger partial charge is 0.258 e. The summed E-state index contributed by atoms with van der Waals surface area (Å²) in [5.41, 5.74) is 2.17. The highest BCUT2D eigenvalue weighted by molar-refractivity contribution is 6.11. The van der Waals surface area contributed by atoms with Crippen LogP contribution in [0.15, 0.2) is 54.6 Å². The second-order valence-electron chi connectivity index (χ2n) is 5.57. The van der Waals surface area contributed by atoms with Crippen LogP contribution >= 0.6 is 0 Å². The second-order valence-corrected chi connectivity index (χ2v) is 5.57. The summed E-state index contributed by atoms with van der Waals surface area (Å²) in [6, 6.07) is 16.7. The quantitative estimate of drug-likeness (QED) is 0.811. The maximum atomic E-state index is 12.9. The molecule has 0 fully saturated rings. The Labute approximate surface area is 130 Å². The third kappa shape index (κ3) is 2.37. The van der Waals surface area contributed by atoms with Crippen molar-refractivity contribution in [3.63, 3.8) is 0 Å². The number of benzene rings is 2. The number of hydrogen-bond acceptors (Lipinski definition) is 2. The number of fused-ring (bicyclic) bond motifs is 1. The second kappa shape index (κ2) is 5.64. The minimum atomic E-state index is -0.245. The van der Waals surface area contributed by atoms with Crippen LogP contribution in [0, 0.1) is 5.92 Å². The number of carbonyl (C=O) groups is 2. The van der Waals surface area contributed by atoms with Gasteiger partial charge in [0.1, 0.15) is 0 Å². The zero-order chi connectivity index (χ0) is 15.7. The van der Waals surface area contributed by atoms with Crippen LogP contribution in [0.1, 0.15) is 17.3 Å². The number of anilines is 2. The van der Waals surface area contributed by atoms with Gasteiger partial charge in [0.15, 0.2) is 0 Å². The van der Waals surface area contributed by atoms with E-state index in [1.807, 2.05) is 49.4 Å². The van der Waals surface area contributed by atoms with Gasteiger partial charge >= 0.3 is 0 Å². The van der Waals surface area contributed by atoms with E-state index in [4.69, 9.17) is 0 Å². The van der Waals surface area contributed by atoms with Crippen LogP contribution in [0.3, 0.4) is 0 Å². The van der Waals surface area contributed by atoms with Gasteiger partial charge in [0.25, 0.3) is 5.91 Å². The Balaban J connectivity index is 2.09. The molecule has 0 saturated heterocycles. The first-order valence-electron chi connectivity index (χ1n) is 7.33. The van der Waals surface area contributed by atoms with Gasteiger partial charge in [-0.3, -0.25) is 9.59 Å². The monoisotopic (exact) mass is 294 g/mol. The van der Waals surface area contributed by atoms with Gasteiger partial charge in [0, 0.05) is 19.2 Å². The number of hydrogen-bond donors (Lipinski definition) is 0. The van der Waals surface area contributed by atoms with E-state index < -0.39 is 0 Å². The third-order valence-corrected chi connectivity index (χ3v) is 4.01. The molecule has 0 spiro atoms. The van der Waals surface area contributed by atoms with Crippen molar-refractivity contribution in [2.45, 2.75) is 6.92 Å². The Bertz CT molecular complexity index is 712. The largest absolute Gasteiger partial charge is 0.313 e. The molecule has 1 aliphatic rings. The SMILES string of the molecule is CC1CN(C(=O)c2ccccc2)c2ccccc2N(C)C1=O. The summed E-state index contributed by atoms with van der Waals surface area (Å²) in [4.78, 5) is 28.6. The van der Waals surface area contributed by atoms with E-state index in [1.54, 1.807) is 29.0 Å². The van der Waals surface area contributed by atoms with E-state index in [0.29, 0.717) is 12.1 Å². The highest BCUT2D eigenvalue weighted by Gasteiger charge is 2.32. The van der Waals surface area contributed by atoms with Crippen molar-refractivity contribution in [1.29, 1.82) is 0 Å². The molecular weight excluding hydrogens is 276 g/mol. The number of nitrogens with zero attached hydrogens (tertiary/aromatic N) is 2. The maximum Gasteiger partial charge on any atom is 0.258 e. The lowest BCUT2D eigenvalue weighted by atomic mass is 10.1. The van der Waals surface area contributed by atoms with E-state index in [-0.39, 0.29) is 17.7 Å². The van der Waals surface area contributed by atoms with Gasteiger partial charge < -0.3 is 9.80 Å². The van der Waals surface area contributed by atoms with Gasteiger partial charge in [-0.2, -0.15) is 0 Å². The minimum Gasteiger partial charge on any atom is -0.313 e. The lowest BCUT2D eigenvalue weighted by Crippen LogP contribution is -2.37. The van der Waals surface area contributed by atoms with E-state index in [9.17, 15) is 9.59 Å². The lowest BCUT2D eigenvalue weighted by molar-refractivity contribution is -0.121. The van der Waals surface area contributed by atoms with Gasteiger partial charge in [-0.15, -0.1) is 0 Å². The van der Waals surface area contributed by atoms with Crippen LogP contribution in [-0.4, -0.2) is 25.4 Å². The van der Waals surface area contributed by atoms with Crippen molar-refractivity contribution in [2.75, 3.05) is 23.4 Å². The molecule has 0 aromatic heterocycles. The summed E-state index contributed by atoms with van der Waals surface area (Å²) in [7, 11) is 1.76. The van der Waals surface area contributed by atoms with Crippen molar-refractivity contribution in [2.24, 2.45) is 5.92 Å². The van der Waals surface area contributed by atoms with Crippen molar-refractivity contribution >= 4 is 23.2 Å². The molecule has 0 bridgehead atoms. The molecule has 22 heavy (non-hydrogen) atoms. The topological polar surface area (TPSA) is 40.6 Å². The summed E-state index contributed by atoms with van der Waals surface area (Å²) >= 11 is 0. The van der Waals surface area contributed by atoms with Crippen LogP contribution < -0.4 is 9.80 Å². The fraction of sp³-hybridized carbons (Fsp3) is 0.222. The molecule has 3 rings (SSSR count). The predicted molar refractivity (Wildman–Crippen MR) is 87.1 cm³/mol. The Kier molecular flexibility index (Phi) is 3.67. The van der Waals surface area contributed by atoms with Crippen molar-refractivity contribution < 1.29 is 9.59 Å². The Morgan fingerprint density at radius 1 is 1.00 bits per heavy atom. The minimum absolute atomic E-state index is 0.0239. The number of para-hydroxylation sites is 2. The van der Waals surface area contributed by atoms with Crippen molar-refractivity contribution in [3.8, 4) is 0 Å².